The number of hydrogen-bond acceptors (Lipinski definition) is 5. The van der Waals surface area contributed by atoms with Gasteiger partial charge in [-0.1, -0.05) is 25.3 Å². The lowest BCUT2D eigenvalue weighted by atomic mass is 9.75. The van der Waals surface area contributed by atoms with E-state index in [2.05, 4.69) is 26.2 Å². The van der Waals surface area contributed by atoms with Crippen LogP contribution < -0.4 is 10.6 Å². The molecule has 45 heavy (non-hydrogen) atoms. The number of aromatic nitrogens is 1. The molecule has 7 rings (SSSR count). The lowest BCUT2D eigenvalue weighted by Crippen LogP contribution is -2.62. The van der Waals surface area contributed by atoms with Gasteiger partial charge in [-0.3, -0.25) is 14.4 Å². The first-order valence-corrected chi connectivity index (χ1v) is 17.2. The van der Waals surface area contributed by atoms with Gasteiger partial charge in [0.15, 0.2) is 0 Å². The van der Waals surface area contributed by atoms with Crippen LogP contribution in [-0.4, -0.2) is 76.9 Å². The molecule has 2 aliphatic carbocycles. The molecule has 0 spiro atoms. The van der Waals surface area contributed by atoms with Gasteiger partial charge < -0.3 is 29.4 Å². The summed E-state index contributed by atoms with van der Waals surface area (Å²) in [5, 5.41) is 6.88. The van der Waals surface area contributed by atoms with E-state index in [1.165, 1.54) is 50.8 Å². The molecule has 2 saturated heterocycles. The molecule has 0 atom stereocenters. The van der Waals surface area contributed by atoms with Gasteiger partial charge >= 0.3 is 0 Å². The minimum absolute atomic E-state index is 0.120. The van der Waals surface area contributed by atoms with Gasteiger partial charge in [0.2, 0.25) is 11.8 Å². The Hall–Kier alpha value is -3.59. The number of benzene rings is 1. The van der Waals surface area contributed by atoms with Gasteiger partial charge in [-0.15, -0.1) is 0 Å². The zero-order chi connectivity index (χ0) is 31.0. The van der Waals surface area contributed by atoms with Gasteiger partial charge in [0.1, 0.15) is 12.1 Å². The molecule has 9 nitrogen and oxygen atoms in total. The van der Waals surface area contributed by atoms with E-state index in [1.54, 1.807) is 19.6 Å². The lowest BCUT2D eigenvalue weighted by molar-refractivity contribution is -0.133. The van der Waals surface area contributed by atoms with Gasteiger partial charge in [-0.25, -0.2) is 0 Å². The van der Waals surface area contributed by atoms with Crippen molar-refractivity contribution >= 4 is 28.6 Å². The average molecular weight is 614 g/mol. The number of nitrogens with zero attached hydrogens (tertiary/aromatic N) is 3. The van der Waals surface area contributed by atoms with Crippen molar-refractivity contribution in [3.8, 4) is 11.3 Å². The first-order valence-electron chi connectivity index (χ1n) is 17.2. The van der Waals surface area contributed by atoms with E-state index in [4.69, 9.17) is 4.42 Å². The van der Waals surface area contributed by atoms with Crippen molar-refractivity contribution < 1.29 is 18.8 Å². The van der Waals surface area contributed by atoms with E-state index >= 15 is 0 Å². The SMILES string of the molecule is CNC(=O)C1(NC(=O)c2ccc3c(C4CCCCC4)c(-c4ccoc4)n(CC(=O)N4CCC(N5CCCC5)CC4)c3c2)CCC1. The summed E-state index contributed by atoms with van der Waals surface area (Å²) in [4.78, 5) is 45.1. The maximum atomic E-state index is 14.1. The Kier molecular flexibility index (Phi) is 8.46. The molecule has 2 N–H and O–H groups in total. The topological polar surface area (TPSA) is 99.8 Å². The van der Waals surface area contributed by atoms with Crippen LogP contribution >= 0.6 is 0 Å². The zero-order valence-corrected chi connectivity index (χ0v) is 26.6. The smallest absolute Gasteiger partial charge is 0.252 e. The molecule has 4 heterocycles. The summed E-state index contributed by atoms with van der Waals surface area (Å²) in [7, 11) is 1.61. The first-order chi connectivity index (χ1) is 22.0. The standard InChI is InChI=1S/C36H47N5O4/c1-37-35(44)36(15-7-16-36)38-34(43)26-10-11-29-30(22-26)41(23-31(42)40-19-12-28(13-20-40)39-17-5-6-18-39)33(27-14-21-45-24-27)32(29)25-8-3-2-4-9-25/h10-11,14,21-22,24-25,28H,2-9,12-13,15-20,23H2,1H3,(H,37,44)(H,38,43). The van der Waals surface area contributed by atoms with Crippen LogP contribution in [0.15, 0.2) is 41.2 Å². The Morgan fingerprint density at radius 1 is 0.911 bits per heavy atom. The molecule has 4 aliphatic rings. The number of furan rings is 1. The Morgan fingerprint density at radius 2 is 1.67 bits per heavy atom. The molecule has 3 amide bonds. The monoisotopic (exact) mass is 613 g/mol. The molecular weight excluding hydrogens is 566 g/mol. The Bertz CT molecular complexity index is 1530. The van der Waals surface area contributed by atoms with Gasteiger partial charge in [0, 0.05) is 42.7 Å². The number of carbonyl (C=O) groups excluding carboxylic acids is 3. The highest BCUT2D eigenvalue weighted by Crippen LogP contribution is 2.44. The zero-order valence-electron chi connectivity index (χ0n) is 26.6. The predicted molar refractivity (Wildman–Crippen MR) is 174 cm³/mol. The predicted octanol–water partition coefficient (Wildman–Crippen LogP) is 5.43. The van der Waals surface area contributed by atoms with Crippen LogP contribution in [0.2, 0.25) is 0 Å². The summed E-state index contributed by atoms with van der Waals surface area (Å²) in [6.45, 7) is 4.15. The minimum atomic E-state index is -0.852. The molecule has 9 heteroatoms. The lowest BCUT2D eigenvalue weighted by Gasteiger charge is -2.40. The number of nitrogens with one attached hydrogen (secondary N) is 2. The van der Waals surface area contributed by atoms with Crippen molar-refractivity contribution in [3.63, 3.8) is 0 Å². The number of rotatable bonds is 8. The van der Waals surface area contributed by atoms with Crippen molar-refractivity contribution in [1.29, 1.82) is 0 Å². The first kappa shape index (κ1) is 30.1. The Labute approximate surface area is 265 Å². The molecule has 0 radical (unpaired) electrons. The van der Waals surface area contributed by atoms with Gasteiger partial charge in [-0.2, -0.15) is 0 Å². The van der Waals surface area contributed by atoms with Gasteiger partial charge in [-0.05, 0) is 101 Å². The summed E-state index contributed by atoms with van der Waals surface area (Å²) >= 11 is 0. The van der Waals surface area contributed by atoms with Crippen molar-refractivity contribution in [2.45, 2.75) is 101 Å². The fourth-order valence-corrected chi connectivity index (χ4v) is 8.49. The van der Waals surface area contributed by atoms with E-state index in [0.717, 1.165) is 67.4 Å². The summed E-state index contributed by atoms with van der Waals surface area (Å²) in [6.07, 6.45) is 16.1. The van der Waals surface area contributed by atoms with Crippen molar-refractivity contribution in [2.75, 3.05) is 33.2 Å². The third kappa shape index (κ3) is 5.68. The summed E-state index contributed by atoms with van der Waals surface area (Å²) in [6, 6.07) is 8.45. The fraction of sp³-hybridized carbons (Fsp3) is 0.583. The van der Waals surface area contributed by atoms with E-state index in [0.29, 0.717) is 30.4 Å². The normalized spacial score (nSPS) is 21.1. The second kappa shape index (κ2) is 12.7. The molecule has 4 fully saturated rings. The number of likely N-dealkylation sites (tertiary alicyclic amines) is 2. The van der Waals surface area contributed by atoms with E-state index in [1.807, 2.05) is 23.1 Å². The molecule has 0 unspecified atom stereocenters. The largest absolute Gasteiger partial charge is 0.472 e. The summed E-state index contributed by atoms with van der Waals surface area (Å²) < 4.78 is 7.74. The van der Waals surface area contributed by atoms with E-state index in [-0.39, 0.29) is 24.3 Å². The highest BCUT2D eigenvalue weighted by atomic mass is 16.3. The second-order valence-electron chi connectivity index (χ2n) is 13.8. The van der Waals surface area contributed by atoms with Crippen LogP contribution in [0.3, 0.4) is 0 Å². The third-order valence-corrected chi connectivity index (χ3v) is 11.2. The maximum Gasteiger partial charge on any atom is 0.252 e. The van der Waals surface area contributed by atoms with Crippen LogP contribution in [0.5, 0.6) is 0 Å². The highest BCUT2D eigenvalue weighted by molar-refractivity contribution is 6.03. The summed E-state index contributed by atoms with van der Waals surface area (Å²) in [5.41, 5.74) is 3.80. The molecule has 0 bridgehead atoms. The molecule has 2 saturated carbocycles. The fourth-order valence-electron chi connectivity index (χ4n) is 8.49. The average Bonchev–Trinajstić information content (AvgIpc) is 3.84. The van der Waals surface area contributed by atoms with Crippen LogP contribution in [-0.2, 0) is 16.1 Å². The number of amides is 3. The quantitative estimate of drug-likeness (QED) is 0.353. The van der Waals surface area contributed by atoms with Crippen molar-refractivity contribution in [3.05, 3.63) is 47.9 Å². The van der Waals surface area contributed by atoms with Crippen LogP contribution in [0, 0.1) is 0 Å². The van der Waals surface area contributed by atoms with Crippen molar-refractivity contribution in [1.82, 2.24) is 25.0 Å². The number of likely N-dealkylation sites (N-methyl/N-ethyl adjacent to an activating group) is 1. The third-order valence-electron chi connectivity index (χ3n) is 11.2. The molecule has 2 aromatic heterocycles. The van der Waals surface area contributed by atoms with E-state index in [9.17, 15) is 14.4 Å². The number of piperidine rings is 1. The van der Waals surface area contributed by atoms with E-state index < -0.39 is 5.54 Å². The van der Waals surface area contributed by atoms with Crippen molar-refractivity contribution in [2.24, 2.45) is 0 Å². The Balaban J connectivity index is 1.25. The Morgan fingerprint density at radius 3 is 2.31 bits per heavy atom. The number of carbonyl (C=O) groups is 3. The van der Waals surface area contributed by atoms with Gasteiger partial charge in [0.25, 0.3) is 5.91 Å². The maximum absolute atomic E-state index is 14.1. The molecule has 3 aromatic rings. The molecule has 2 aliphatic heterocycles. The highest BCUT2D eigenvalue weighted by Gasteiger charge is 2.45. The molecule has 1 aromatic carbocycles. The van der Waals surface area contributed by atoms with Crippen LogP contribution in [0.25, 0.3) is 22.2 Å². The second-order valence-corrected chi connectivity index (χ2v) is 13.8. The van der Waals surface area contributed by atoms with Gasteiger partial charge in [0.05, 0.1) is 23.7 Å². The molecular formula is C36H47N5O4. The number of fused-ring (bicyclic) bond motifs is 1. The van der Waals surface area contributed by atoms with Crippen LogP contribution in [0.1, 0.15) is 98.9 Å². The summed E-state index contributed by atoms with van der Waals surface area (Å²) in [5.74, 6) is 0.0966. The minimum Gasteiger partial charge on any atom is -0.472 e. The van der Waals surface area contributed by atoms with Crippen LogP contribution in [0.4, 0.5) is 0 Å². The number of hydrogen-bond donors (Lipinski definition) is 2. The molecule has 240 valence electrons.